The van der Waals surface area contributed by atoms with Crippen molar-refractivity contribution in [3.05, 3.63) is 35.9 Å². The van der Waals surface area contributed by atoms with Crippen molar-refractivity contribution >= 4 is 16.9 Å². The molecule has 0 radical (unpaired) electrons. The van der Waals surface area contributed by atoms with Crippen LogP contribution in [0, 0.1) is 0 Å². The van der Waals surface area contributed by atoms with Crippen LogP contribution in [0.5, 0.6) is 0 Å². The Morgan fingerprint density at radius 1 is 1.25 bits per heavy atom. The van der Waals surface area contributed by atoms with Gasteiger partial charge in [-0.05, 0) is 31.4 Å². The van der Waals surface area contributed by atoms with Crippen LogP contribution < -0.4 is 5.32 Å². The van der Waals surface area contributed by atoms with Gasteiger partial charge in [0.2, 0.25) is 0 Å². The standard InChI is InChI=1S/C16H23N3S/c1-2-6-14(7-3-1)12-19-10-4-8-15(13-19)18-16-17-9-5-11-20-16/h1-3,6-7,15H,4-5,8-13H2,(H,17,18). The van der Waals surface area contributed by atoms with Crippen LogP contribution in [0.3, 0.4) is 0 Å². The van der Waals surface area contributed by atoms with Crippen LogP contribution >= 0.6 is 11.8 Å². The number of hydrogen-bond acceptors (Lipinski definition) is 4. The monoisotopic (exact) mass is 289 g/mol. The molecule has 1 aromatic rings. The number of amidine groups is 1. The number of likely N-dealkylation sites (tertiary alicyclic amines) is 1. The van der Waals surface area contributed by atoms with Crippen LogP contribution in [0.2, 0.25) is 0 Å². The first-order chi connectivity index (χ1) is 9.90. The van der Waals surface area contributed by atoms with E-state index in [2.05, 4.69) is 45.5 Å². The topological polar surface area (TPSA) is 27.6 Å². The molecular formula is C16H23N3S. The van der Waals surface area contributed by atoms with E-state index in [9.17, 15) is 0 Å². The van der Waals surface area contributed by atoms with E-state index in [1.165, 1.54) is 42.3 Å². The summed E-state index contributed by atoms with van der Waals surface area (Å²) in [6.45, 7) is 4.41. The molecule has 1 atom stereocenters. The highest BCUT2D eigenvalue weighted by Gasteiger charge is 2.21. The van der Waals surface area contributed by atoms with Crippen LogP contribution in [0.1, 0.15) is 24.8 Å². The molecule has 3 nitrogen and oxygen atoms in total. The van der Waals surface area contributed by atoms with Gasteiger partial charge in [0.15, 0.2) is 5.17 Å². The van der Waals surface area contributed by atoms with Crippen molar-refractivity contribution in [1.29, 1.82) is 0 Å². The largest absolute Gasteiger partial charge is 0.361 e. The summed E-state index contributed by atoms with van der Waals surface area (Å²) in [6, 6.07) is 11.3. The second-order valence-electron chi connectivity index (χ2n) is 5.59. The Morgan fingerprint density at radius 2 is 2.15 bits per heavy atom. The lowest BCUT2D eigenvalue weighted by atomic mass is 10.1. The summed E-state index contributed by atoms with van der Waals surface area (Å²) in [5, 5.41) is 4.81. The van der Waals surface area contributed by atoms with Gasteiger partial charge in [0.05, 0.1) is 0 Å². The summed E-state index contributed by atoms with van der Waals surface area (Å²) in [5.41, 5.74) is 1.41. The Hall–Kier alpha value is -1.00. The number of piperidine rings is 1. The van der Waals surface area contributed by atoms with E-state index in [0.717, 1.165) is 19.6 Å². The quantitative estimate of drug-likeness (QED) is 0.927. The van der Waals surface area contributed by atoms with E-state index >= 15 is 0 Å². The Balaban J connectivity index is 1.52. The van der Waals surface area contributed by atoms with Gasteiger partial charge in [-0.25, -0.2) is 0 Å². The Morgan fingerprint density at radius 3 is 2.95 bits per heavy atom. The van der Waals surface area contributed by atoms with E-state index in [1.54, 1.807) is 0 Å². The van der Waals surface area contributed by atoms with Crippen molar-refractivity contribution in [3.8, 4) is 0 Å². The van der Waals surface area contributed by atoms with E-state index in [4.69, 9.17) is 0 Å². The average Bonchev–Trinajstić information content (AvgIpc) is 2.50. The van der Waals surface area contributed by atoms with Crippen LogP contribution in [-0.4, -0.2) is 41.5 Å². The lowest BCUT2D eigenvalue weighted by Crippen LogP contribution is -2.47. The van der Waals surface area contributed by atoms with Crippen LogP contribution in [-0.2, 0) is 6.54 Å². The summed E-state index contributed by atoms with van der Waals surface area (Å²) in [5.74, 6) is 1.21. The zero-order valence-electron chi connectivity index (χ0n) is 11.9. The molecule has 108 valence electrons. The van der Waals surface area contributed by atoms with Gasteiger partial charge in [0.1, 0.15) is 0 Å². The van der Waals surface area contributed by atoms with Gasteiger partial charge in [-0.1, -0.05) is 42.1 Å². The molecule has 0 bridgehead atoms. The lowest BCUT2D eigenvalue weighted by Gasteiger charge is -2.34. The summed E-state index contributed by atoms with van der Waals surface area (Å²) in [7, 11) is 0. The number of nitrogens with zero attached hydrogens (tertiary/aromatic N) is 2. The molecule has 0 saturated carbocycles. The maximum Gasteiger partial charge on any atom is 0.156 e. The molecule has 1 saturated heterocycles. The third-order valence-corrected chi connectivity index (χ3v) is 4.89. The van der Waals surface area contributed by atoms with E-state index in [0.29, 0.717) is 6.04 Å². The molecule has 0 amide bonds. The minimum atomic E-state index is 0.566. The van der Waals surface area contributed by atoms with Crippen molar-refractivity contribution in [1.82, 2.24) is 10.2 Å². The Kier molecular flexibility index (Phi) is 4.98. The maximum absolute atomic E-state index is 4.58. The van der Waals surface area contributed by atoms with Crippen molar-refractivity contribution in [2.45, 2.75) is 31.8 Å². The molecule has 1 N–H and O–H groups in total. The number of hydrogen-bond donors (Lipinski definition) is 1. The van der Waals surface area contributed by atoms with Gasteiger partial charge in [-0.15, -0.1) is 0 Å². The molecular weight excluding hydrogens is 266 g/mol. The summed E-state index contributed by atoms with van der Waals surface area (Å²) < 4.78 is 0. The average molecular weight is 289 g/mol. The highest BCUT2D eigenvalue weighted by Crippen LogP contribution is 2.16. The highest BCUT2D eigenvalue weighted by atomic mass is 32.2. The highest BCUT2D eigenvalue weighted by molar-refractivity contribution is 8.13. The van der Waals surface area contributed by atoms with E-state index < -0.39 is 0 Å². The van der Waals surface area contributed by atoms with Gasteiger partial charge in [0, 0.05) is 31.4 Å². The normalized spacial score (nSPS) is 24.2. The second kappa shape index (κ2) is 7.14. The van der Waals surface area contributed by atoms with Gasteiger partial charge >= 0.3 is 0 Å². The fourth-order valence-corrected chi connectivity index (χ4v) is 3.78. The summed E-state index contributed by atoms with van der Waals surface area (Å²) in [6.07, 6.45) is 3.77. The van der Waals surface area contributed by atoms with Crippen molar-refractivity contribution in [2.24, 2.45) is 4.99 Å². The predicted octanol–water partition coefficient (Wildman–Crippen LogP) is 2.73. The maximum atomic E-state index is 4.58. The lowest BCUT2D eigenvalue weighted by molar-refractivity contribution is 0.193. The number of benzene rings is 1. The van der Waals surface area contributed by atoms with Crippen molar-refractivity contribution in [2.75, 3.05) is 25.4 Å². The third-order valence-electron chi connectivity index (χ3n) is 3.88. The SMILES string of the molecule is c1ccc(CN2CCCC(NC3=NCCCS3)C2)cc1. The molecule has 2 aliphatic rings. The molecule has 2 heterocycles. The predicted molar refractivity (Wildman–Crippen MR) is 87.3 cm³/mol. The number of nitrogens with one attached hydrogen (secondary N) is 1. The molecule has 0 aliphatic carbocycles. The second-order valence-corrected chi connectivity index (χ2v) is 6.68. The molecule has 0 spiro atoms. The fourth-order valence-electron chi connectivity index (χ4n) is 2.88. The minimum absolute atomic E-state index is 0.566. The molecule has 4 heteroatoms. The van der Waals surface area contributed by atoms with E-state index in [-0.39, 0.29) is 0 Å². The van der Waals surface area contributed by atoms with Gasteiger partial charge in [-0.3, -0.25) is 9.89 Å². The zero-order valence-corrected chi connectivity index (χ0v) is 12.7. The Labute approximate surface area is 125 Å². The first-order valence-electron chi connectivity index (χ1n) is 7.60. The Bertz CT molecular complexity index is 446. The number of aliphatic imine (C=N–C) groups is 1. The van der Waals surface area contributed by atoms with Gasteiger partial charge in [0.25, 0.3) is 0 Å². The number of rotatable bonds is 3. The van der Waals surface area contributed by atoms with Gasteiger partial charge < -0.3 is 5.32 Å². The van der Waals surface area contributed by atoms with Crippen molar-refractivity contribution < 1.29 is 0 Å². The fraction of sp³-hybridized carbons (Fsp3) is 0.562. The van der Waals surface area contributed by atoms with Crippen LogP contribution in [0.4, 0.5) is 0 Å². The van der Waals surface area contributed by atoms with Crippen LogP contribution in [0.25, 0.3) is 0 Å². The minimum Gasteiger partial charge on any atom is -0.361 e. The smallest absolute Gasteiger partial charge is 0.156 e. The van der Waals surface area contributed by atoms with E-state index in [1.807, 2.05) is 11.8 Å². The van der Waals surface area contributed by atoms with Gasteiger partial charge in [-0.2, -0.15) is 0 Å². The first kappa shape index (κ1) is 14.0. The third kappa shape index (κ3) is 4.00. The zero-order chi connectivity index (χ0) is 13.6. The molecule has 1 unspecified atom stereocenters. The molecule has 1 fully saturated rings. The molecule has 20 heavy (non-hydrogen) atoms. The summed E-state index contributed by atoms with van der Waals surface area (Å²) in [4.78, 5) is 7.14. The number of thioether (sulfide) groups is 1. The molecule has 0 aromatic heterocycles. The molecule has 3 rings (SSSR count). The molecule has 1 aromatic carbocycles. The van der Waals surface area contributed by atoms with Crippen molar-refractivity contribution in [3.63, 3.8) is 0 Å². The van der Waals surface area contributed by atoms with Crippen LogP contribution in [0.15, 0.2) is 35.3 Å². The summed E-state index contributed by atoms with van der Waals surface area (Å²) >= 11 is 1.88. The molecule has 2 aliphatic heterocycles. The first-order valence-corrected chi connectivity index (χ1v) is 8.59.